The molecular formula is C18H16BrN3O2. The van der Waals surface area contributed by atoms with Crippen LogP contribution in [0.2, 0.25) is 0 Å². The second kappa shape index (κ2) is 6.03. The zero-order chi connectivity index (χ0) is 16.7. The Morgan fingerprint density at radius 2 is 1.96 bits per heavy atom. The van der Waals surface area contributed by atoms with Crippen molar-refractivity contribution in [1.29, 1.82) is 0 Å². The number of nitrogens with zero attached hydrogens (tertiary/aromatic N) is 2. The van der Waals surface area contributed by atoms with Crippen molar-refractivity contribution < 1.29 is 4.74 Å². The summed E-state index contributed by atoms with van der Waals surface area (Å²) in [6.45, 7) is 2.45. The van der Waals surface area contributed by atoms with E-state index in [0.717, 1.165) is 28.6 Å². The molecule has 0 amide bonds. The third kappa shape index (κ3) is 2.61. The van der Waals surface area contributed by atoms with E-state index in [-0.39, 0.29) is 5.56 Å². The van der Waals surface area contributed by atoms with E-state index in [2.05, 4.69) is 55.3 Å². The summed E-state index contributed by atoms with van der Waals surface area (Å²) in [6, 6.07) is 12.2. The van der Waals surface area contributed by atoms with E-state index in [1.54, 1.807) is 13.2 Å². The second-order valence-electron chi connectivity index (χ2n) is 5.94. The minimum Gasteiger partial charge on any atom is -0.496 e. The molecule has 6 heteroatoms. The van der Waals surface area contributed by atoms with E-state index >= 15 is 0 Å². The van der Waals surface area contributed by atoms with Crippen LogP contribution < -0.4 is 10.3 Å². The number of ether oxygens (including phenoxy) is 1. The lowest BCUT2D eigenvalue weighted by Gasteiger charge is -2.16. The molecule has 1 aromatic heterocycles. The standard InChI is InChI=1S/C18H16BrN3O2/c1-24-16-7-13(19)6-14-15(20-21-18(23)17(14)16)10-22-8-11-4-2-3-5-12(11)9-22/h2-7H,8-10H2,1H3,(H,21,23). The van der Waals surface area contributed by atoms with E-state index in [1.165, 1.54) is 11.1 Å². The maximum Gasteiger partial charge on any atom is 0.275 e. The van der Waals surface area contributed by atoms with Gasteiger partial charge in [-0.15, -0.1) is 0 Å². The Labute approximate surface area is 147 Å². The van der Waals surface area contributed by atoms with Gasteiger partial charge in [0.1, 0.15) is 5.75 Å². The first kappa shape index (κ1) is 15.4. The van der Waals surface area contributed by atoms with Gasteiger partial charge in [0.15, 0.2) is 0 Å². The maximum atomic E-state index is 12.2. The quantitative estimate of drug-likeness (QED) is 0.751. The van der Waals surface area contributed by atoms with Crippen LogP contribution in [0.1, 0.15) is 16.8 Å². The van der Waals surface area contributed by atoms with Gasteiger partial charge in [-0.05, 0) is 23.3 Å². The third-order valence-corrected chi connectivity index (χ3v) is 4.85. The molecule has 0 atom stereocenters. The van der Waals surface area contributed by atoms with E-state index < -0.39 is 0 Å². The van der Waals surface area contributed by atoms with Gasteiger partial charge in [0.25, 0.3) is 5.56 Å². The molecule has 0 unspecified atom stereocenters. The molecule has 122 valence electrons. The van der Waals surface area contributed by atoms with Gasteiger partial charge in [-0.1, -0.05) is 40.2 Å². The smallest absolute Gasteiger partial charge is 0.275 e. The van der Waals surface area contributed by atoms with Crippen LogP contribution >= 0.6 is 15.9 Å². The number of benzene rings is 2. The normalized spacial score (nSPS) is 14.1. The SMILES string of the molecule is COc1cc(Br)cc2c(CN3Cc4ccccc4C3)n[nH]c(=O)c12. The Kier molecular flexibility index (Phi) is 3.86. The van der Waals surface area contributed by atoms with Gasteiger partial charge in [-0.2, -0.15) is 5.10 Å². The number of rotatable bonds is 3. The number of methoxy groups -OCH3 is 1. The number of halogens is 1. The Bertz CT molecular complexity index is 959. The second-order valence-corrected chi connectivity index (χ2v) is 6.86. The first-order valence-corrected chi connectivity index (χ1v) is 8.49. The van der Waals surface area contributed by atoms with Crippen molar-refractivity contribution in [2.45, 2.75) is 19.6 Å². The molecule has 0 spiro atoms. The highest BCUT2D eigenvalue weighted by Gasteiger charge is 2.21. The highest BCUT2D eigenvalue weighted by molar-refractivity contribution is 9.10. The van der Waals surface area contributed by atoms with E-state index in [4.69, 9.17) is 4.74 Å². The highest BCUT2D eigenvalue weighted by Crippen LogP contribution is 2.30. The van der Waals surface area contributed by atoms with Gasteiger partial charge in [-0.25, -0.2) is 5.10 Å². The van der Waals surface area contributed by atoms with E-state index in [0.29, 0.717) is 17.7 Å². The van der Waals surface area contributed by atoms with E-state index in [1.807, 2.05) is 6.07 Å². The largest absolute Gasteiger partial charge is 0.496 e. The molecule has 4 rings (SSSR count). The summed E-state index contributed by atoms with van der Waals surface area (Å²) < 4.78 is 6.24. The van der Waals surface area contributed by atoms with Crippen LogP contribution in [-0.4, -0.2) is 22.2 Å². The fourth-order valence-electron chi connectivity index (χ4n) is 3.29. The maximum absolute atomic E-state index is 12.2. The molecule has 0 fully saturated rings. The van der Waals surface area contributed by atoms with Crippen LogP contribution in [0.25, 0.3) is 10.8 Å². The van der Waals surface area contributed by atoms with Crippen molar-refractivity contribution in [2.75, 3.05) is 7.11 Å². The fourth-order valence-corrected chi connectivity index (χ4v) is 3.72. The molecule has 0 radical (unpaired) electrons. The molecule has 0 bridgehead atoms. The fraction of sp³-hybridized carbons (Fsp3) is 0.222. The number of H-pyrrole nitrogens is 1. The van der Waals surface area contributed by atoms with Crippen LogP contribution in [0.4, 0.5) is 0 Å². The predicted octanol–water partition coefficient (Wildman–Crippen LogP) is 3.21. The molecular weight excluding hydrogens is 370 g/mol. The van der Waals surface area contributed by atoms with Crippen LogP contribution in [-0.2, 0) is 19.6 Å². The highest BCUT2D eigenvalue weighted by atomic mass is 79.9. The van der Waals surface area contributed by atoms with Crippen molar-refractivity contribution in [3.8, 4) is 5.75 Å². The average molecular weight is 386 g/mol. The summed E-state index contributed by atoms with van der Waals surface area (Å²) in [5.74, 6) is 0.550. The summed E-state index contributed by atoms with van der Waals surface area (Å²) in [5.41, 5.74) is 3.31. The van der Waals surface area contributed by atoms with Crippen molar-refractivity contribution in [1.82, 2.24) is 15.1 Å². The van der Waals surface area contributed by atoms with Crippen LogP contribution in [0.15, 0.2) is 45.7 Å². The van der Waals surface area contributed by atoms with Gasteiger partial charge in [0.05, 0.1) is 18.2 Å². The molecule has 3 aromatic rings. The van der Waals surface area contributed by atoms with Gasteiger partial charge in [-0.3, -0.25) is 9.69 Å². The van der Waals surface area contributed by atoms with Crippen LogP contribution in [0.5, 0.6) is 5.75 Å². The van der Waals surface area contributed by atoms with Crippen molar-refractivity contribution in [3.63, 3.8) is 0 Å². The van der Waals surface area contributed by atoms with E-state index in [9.17, 15) is 4.79 Å². The summed E-state index contributed by atoms with van der Waals surface area (Å²) in [5, 5.41) is 8.26. The number of nitrogens with one attached hydrogen (secondary N) is 1. The van der Waals surface area contributed by atoms with Gasteiger partial charge < -0.3 is 4.74 Å². The first-order chi connectivity index (χ1) is 11.7. The lowest BCUT2D eigenvalue weighted by atomic mass is 10.1. The van der Waals surface area contributed by atoms with Gasteiger partial charge in [0.2, 0.25) is 0 Å². The lowest BCUT2D eigenvalue weighted by molar-refractivity contribution is 0.272. The number of hydrogen-bond acceptors (Lipinski definition) is 4. The summed E-state index contributed by atoms with van der Waals surface area (Å²) in [7, 11) is 1.57. The van der Waals surface area contributed by atoms with Crippen LogP contribution in [0, 0.1) is 0 Å². The minimum atomic E-state index is -0.234. The summed E-state index contributed by atoms with van der Waals surface area (Å²) in [4.78, 5) is 14.5. The molecule has 5 nitrogen and oxygen atoms in total. The predicted molar refractivity (Wildman–Crippen MR) is 96.0 cm³/mol. The third-order valence-electron chi connectivity index (χ3n) is 4.40. The number of fused-ring (bicyclic) bond motifs is 2. The monoisotopic (exact) mass is 385 g/mol. The molecule has 0 saturated heterocycles. The Balaban J connectivity index is 1.75. The first-order valence-electron chi connectivity index (χ1n) is 7.69. The number of hydrogen-bond donors (Lipinski definition) is 1. The molecule has 1 aliphatic rings. The average Bonchev–Trinajstić information content (AvgIpc) is 2.99. The molecule has 0 saturated carbocycles. The molecule has 1 N–H and O–H groups in total. The molecule has 0 aliphatic carbocycles. The van der Waals surface area contributed by atoms with Gasteiger partial charge >= 0.3 is 0 Å². The Hall–Kier alpha value is -2.18. The zero-order valence-electron chi connectivity index (χ0n) is 13.2. The lowest BCUT2D eigenvalue weighted by Crippen LogP contribution is -2.20. The van der Waals surface area contributed by atoms with Gasteiger partial charge in [0, 0.05) is 29.5 Å². The zero-order valence-corrected chi connectivity index (χ0v) is 14.8. The topological polar surface area (TPSA) is 58.2 Å². The summed E-state index contributed by atoms with van der Waals surface area (Å²) in [6.07, 6.45) is 0. The molecule has 2 heterocycles. The van der Waals surface area contributed by atoms with Crippen molar-refractivity contribution in [2.24, 2.45) is 0 Å². The Morgan fingerprint density at radius 1 is 1.25 bits per heavy atom. The van der Waals surface area contributed by atoms with Crippen LogP contribution in [0.3, 0.4) is 0 Å². The van der Waals surface area contributed by atoms with Crippen molar-refractivity contribution >= 4 is 26.7 Å². The molecule has 2 aromatic carbocycles. The number of aromatic amines is 1. The minimum absolute atomic E-state index is 0.234. The molecule has 1 aliphatic heterocycles. The number of aromatic nitrogens is 2. The summed E-state index contributed by atoms with van der Waals surface area (Å²) >= 11 is 3.49. The van der Waals surface area contributed by atoms with Crippen molar-refractivity contribution in [3.05, 3.63) is 68.0 Å². The molecule has 24 heavy (non-hydrogen) atoms. The Morgan fingerprint density at radius 3 is 2.62 bits per heavy atom.